The summed E-state index contributed by atoms with van der Waals surface area (Å²) in [6.45, 7) is 0.144. The summed E-state index contributed by atoms with van der Waals surface area (Å²) < 4.78 is 6.54. The smallest absolute Gasteiger partial charge is 0.354 e. The largest absolute Gasteiger partial charge is 0.464 e. The minimum atomic E-state index is -0.332. The second-order valence-electron chi connectivity index (χ2n) is 4.45. The number of nitrogens with zero attached hydrogens (tertiary/aromatic N) is 1. The lowest BCUT2D eigenvalue weighted by molar-refractivity contribution is 0.0586. The van der Waals surface area contributed by atoms with Crippen LogP contribution in [0.3, 0.4) is 0 Å². The molecule has 1 aliphatic rings. The van der Waals surface area contributed by atoms with Gasteiger partial charge in [0, 0.05) is 18.2 Å². The topological polar surface area (TPSA) is 51.5 Å². The highest BCUT2D eigenvalue weighted by molar-refractivity contribution is 5.87. The Morgan fingerprint density at radius 1 is 1.56 bits per heavy atom. The van der Waals surface area contributed by atoms with Gasteiger partial charge in [-0.05, 0) is 25.0 Å². The Balaban J connectivity index is 2.36. The third-order valence-corrected chi connectivity index (χ3v) is 3.67. The van der Waals surface area contributed by atoms with Crippen molar-refractivity contribution in [2.75, 3.05) is 13.7 Å². The average molecular weight is 223 g/mol. The van der Waals surface area contributed by atoms with Gasteiger partial charge in [-0.1, -0.05) is 6.42 Å². The summed E-state index contributed by atoms with van der Waals surface area (Å²) >= 11 is 0. The number of aliphatic hydroxyl groups is 1. The van der Waals surface area contributed by atoms with Gasteiger partial charge in [0.25, 0.3) is 0 Å². The predicted octanol–water partition coefficient (Wildman–Crippen LogP) is 1.23. The summed E-state index contributed by atoms with van der Waals surface area (Å²) in [4.78, 5) is 11.5. The van der Waals surface area contributed by atoms with E-state index in [1.807, 2.05) is 17.7 Å². The van der Waals surface area contributed by atoms with Gasteiger partial charge in [0.15, 0.2) is 0 Å². The summed E-state index contributed by atoms with van der Waals surface area (Å²) in [6.07, 6.45) is 3.11. The zero-order valence-electron chi connectivity index (χ0n) is 9.69. The van der Waals surface area contributed by atoms with Crippen LogP contribution in [0, 0.1) is 0 Å². The fourth-order valence-corrected chi connectivity index (χ4v) is 2.45. The molecule has 4 nitrogen and oxygen atoms in total. The van der Waals surface area contributed by atoms with E-state index < -0.39 is 0 Å². The lowest BCUT2D eigenvalue weighted by Gasteiger charge is -2.40. The molecule has 1 aliphatic carbocycles. The molecule has 16 heavy (non-hydrogen) atoms. The molecule has 0 atom stereocenters. The summed E-state index contributed by atoms with van der Waals surface area (Å²) in [5.74, 6) is -0.332. The van der Waals surface area contributed by atoms with E-state index >= 15 is 0 Å². The molecule has 0 spiro atoms. The van der Waals surface area contributed by atoms with E-state index in [9.17, 15) is 9.90 Å². The highest BCUT2D eigenvalue weighted by Gasteiger charge is 2.40. The van der Waals surface area contributed by atoms with E-state index in [-0.39, 0.29) is 18.0 Å². The highest BCUT2D eigenvalue weighted by atomic mass is 16.5. The number of esters is 1. The zero-order chi connectivity index (χ0) is 11.8. The molecular weight excluding hydrogens is 206 g/mol. The third kappa shape index (κ3) is 1.45. The van der Waals surface area contributed by atoms with Crippen LogP contribution in [0.4, 0.5) is 0 Å². The summed E-state index contributed by atoms with van der Waals surface area (Å²) in [5, 5.41) is 9.49. The Morgan fingerprint density at radius 2 is 2.25 bits per heavy atom. The van der Waals surface area contributed by atoms with Gasteiger partial charge in [0.05, 0.1) is 13.7 Å². The van der Waals surface area contributed by atoms with Crippen LogP contribution in [0.15, 0.2) is 12.1 Å². The van der Waals surface area contributed by atoms with Crippen molar-refractivity contribution < 1.29 is 14.6 Å². The van der Waals surface area contributed by atoms with Crippen LogP contribution in [0.1, 0.15) is 35.4 Å². The molecule has 4 heteroatoms. The molecule has 2 rings (SSSR count). The first kappa shape index (κ1) is 11.2. The Labute approximate surface area is 94.8 Å². The van der Waals surface area contributed by atoms with Crippen molar-refractivity contribution in [3.05, 3.63) is 23.5 Å². The van der Waals surface area contributed by atoms with Gasteiger partial charge in [0.2, 0.25) is 0 Å². The Kier molecular flexibility index (Phi) is 2.76. The van der Waals surface area contributed by atoms with Crippen molar-refractivity contribution in [3.8, 4) is 0 Å². The van der Waals surface area contributed by atoms with Gasteiger partial charge < -0.3 is 14.4 Å². The van der Waals surface area contributed by atoms with E-state index in [0.717, 1.165) is 25.0 Å². The molecule has 1 N–H and O–H groups in total. The van der Waals surface area contributed by atoms with Gasteiger partial charge in [-0.2, -0.15) is 0 Å². The standard InChI is InChI=1S/C12H17NO3/c1-13-9(11(15)16-2)4-5-10(13)12(8-14)6-3-7-12/h4-5,14H,3,6-8H2,1-2H3. The molecule has 0 aliphatic heterocycles. The number of hydrogen-bond acceptors (Lipinski definition) is 3. The second-order valence-corrected chi connectivity index (χ2v) is 4.45. The molecule has 0 amide bonds. The molecule has 1 saturated carbocycles. The maximum Gasteiger partial charge on any atom is 0.354 e. The molecule has 88 valence electrons. The highest BCUT2D eigenvalue weighted by Crippen LogP contribution is 2.43. The predicted molar refractivity (Wildman–Crippen MR) is 59.4 cm³/mol. The van der Waals surface area contributed by atoms with Crippen LogP contribution < -0.4 is 0 Å². The molecule has 1 heterocycles. The quantitative estimate of drug-likeness (QED) is 0.784. The van der Waals surface area contributed by atoms with E-state index in [4.69, 9.17) is 4.74 Å². The van der Waals surface area contributed by atoms with Crippen LogP contribution in [-0.4, -0.2) is 29.4 Å². The SMILES string of the molecule is COC(=O)c1ccc(C2(CO)CCC2)n1C. The number of aliphatic hydroxyl groups excluding tert-OH is 1. The number of carbonyl (C=O) groups excluding carboxylic acids is 1. The second kappa shape index (κ2) is 3.94. The van der Waals surface area contributed by atoms with Crippen molar-refractivity contribution >= 4 is 5.97 Å². The van der Waals surface area contributed by atoms with Gasteiger partial charge >= 0.3 is 5.97 Å². The normalized spacial score (nSPS) is 17.9. The number of carbonyl (C=O) groups is 1. The lowest BCUT2D eigenvalue weighted by atomic mass is 9.67. The molecule has 0 bridgehead atoms. The number of aromatic nitrogens is 1. The molecular formula is C12H17NO3. The first-order chi connectivity index (χ1) is 7.64. The molecule has 0 aromatic carbocycles. The molecule has 0 radical (unpaired) electrons. The zero-order valence-corrected chi connectivity index (χ0v) is 9.69. The van der Waals surface area contributed by atoms with E-state index in [1.54, 1.807) is 6.07 Å². The minimum Gasteiger partial charge on any atom is -0.464 e. The van der Waals surface area contributed by atoms with Crippen molar-refractivity contribution in [2.45, 2.75) is 24.7 Å². The number of methoxy groups -OCH3 is 1. The van der Waals surface area contributed by atoms with Gasteiger partial charge in [0.1, 0.15) is 5.69 Å². The fourth-order valence-electron chi connectivity index (χ4n) is 2.45. The van der Waals surface area contributed by atoms with Crippen LogP contribution in [0.25, 0.3) is 0 Å². The van der Waals surface area contributed by atoms with Crippen LogP contribution in [0.5, 0.6) is 0 Å². The van der Waals surface area contributed by atoms with Gasteiger partial charge in [-0.25, -0.2) is 4.79 Å². The minimum absolute atomic E-state index is 0.138. The Hall–Kier alpha value is -1.29. The summed E-state index contributed by atoms with van der Waals surface area (Å²) in [5.41, 5.74) is 1.43. The van der Waals surface area contributed by atoms with Crippen molar-refractivity contribution in [2.24, 2.45) is 7.05 Å². The Bertz CT molecular complexity index is 399. The van der Waals surface area contributed by atoms with Crippen molar-refractivity contribution in [1.29, 1.82) is 0 Å². The van der Waals surface area contributed by atoms with E-state index in [2.05, 4.69) is 0 Å². The molecule has 0 saturated heterocycles. The average Bonchev–Trinajstić information content (AvgIpc) is 2.60. The number of rotatable bonds is 3. The summed E-state index contributed by atoms with van der Waals surface area (Å²) in [6, 6.07) is 3.68. The monoisotopic (exact) mass is 223 g/mol. The first-order valence-corrected chi connectivity index (χ1v) is 5.50. The number of ether oxygens (including phenoxy) is 1. The van der Waals surface area contributed by atoms with E-state index in [1.165, 1.54) is 7.11 Å². The fraction of sp³-hybridized carbons (Fsp3) is 0.583. The van der Waals surface area contributed by atoms with Crippen LogP contribution >= 0.6 is 0 Å². The summed E-state index contributed by atoms with van der Waals surface area (Å²) in [7, 11) is 3.22. The Morgan fingerprint density at radius 3 is 2.69 bits per heavy atom. The van der Waals surface area contributed by atoms with Crippen molar-refractivity contribution in [1.82, 2.24) is 4.57 Å². The lowest BCUT2D eigenvalue weighted by Crippen LogP contribution is -2.39. The third-order valence-electron chi connectivity index (χ3n) is 3.67. The van der Waals surface area contributed by atoms with Crippen LogP contribution in [0.2, 0.25) is 0 Å². The first-order valence-electron chi connectivity index (χ1n) is 5.50. The maximum absolute atomic E-state index is 11.5. The van der Waals surface area contributed by atoms with Gasteiger partial charge in [-0.3, -0.25) is 0 Å². The number of hydrogen-bond donors (Lipinski definition) is 1. The molecule has 1 aromatic rings. The molecule has 1 aromatic heterocycles. The molecule has 1 fully saturated rings. The van der Waals surface area contributed by atoms with E-state index in [0.29, 0.717) is 5.69 Å². The van der Waals surface area contributed by atoms with Crippen LogP contribution in [-0.2, 0) is 17.2 Å². The molecule has 0 unspecified atom stereocenters. The van der Waals surface area contributed by atoms with Gasteiger partial charge in [-0.15, -0.1) is 0 Å². The maximum atomic E-state index is 11.5. The van der Waals surface area contributed by atoms with Crippen molar-refractivity contribution in [3.63, 3.8) is 0 Å².